The number of hydrogen-bond acceptors (Lipinski definition) is 2. The van der Waals surface area contributed by atoms with Crippen LogP contribution in [0.3, 0.4) is 0 Å². The average molecular weight is 316 g/mol. The molecular weight excluding hydrogens is 302 g/mol. The van der Waals surface area contributed by atoms with Crippen LogP contribution in [-0.4, -0.2) is 22.4 Å². The molecule has 0 aliphatic carbocycles. The number of amides is 1. The second kappa shape index (κ2) is 6.07. The molecular formula is C16H14ClN3O2. The van der Waals surface area contributed by atoms with Crippen LogP contribution < -0.4 is 11.0 Å². The van der Waals surface area contributed by atoms with Crippen molar-refractivity contribution in [2.45, 2.75) is 6.42 Å². The smallest absolute Gasteiger partial charge is 0.323 e. The van der Waals surface area contributed by atoms with Crippen molar-refractivity contribution in [1.82, 2.24) is 15.3 Å². The highest BCUT2D eigenvalue weighted by Gasteiger charge is 2.05. The third-order valence-electron chi connectivity index (χ3n) is 3.37. The van der Waals surface area contributed by atoms with E-state index in [9.17, 15) is 9.59 Å². The maximum Gasteiger partial charge on any atom is 0.323 e. The molecule has 1 amide bonds. The zero-order valence-electron chi connectivity index (χ0n) is 11.7. The number of rotatable bonds is 4. The Labute approximate surface area is 131 Å². The Morgan fingerprint density at radius 3 is 2.73 bits per heavy atom. The quantitative estimate of drug-likeness (QED) is 0.691. The molecule has 3 N–H and O–H groups in total. The molecule has 0 unspecified atom stereocenters. The summed E-state index contributed by atoms with van der Waals surface area (Å²) in [5, 5.41) is 3.39. The SMILES string of the molecule is O=C(NCCc1ccc2[nH]c(=O)[nH]c2c1)c1cccc(Cl)c1. The Bertz CT molecular complexity index is 882. The minimum atomic E-state index is -0.221. The van der Waals surface area contributed by atoms with E-state index in [0.29, 0.717) is 23.6 Å². The number of fused-ring (bicyclic) bond motifs is 1. The van der Waals surface area contributed by atoms with Crippen molar-refractivity contribution in [2.75, 3.05) is 6.54 Å². The number of halogens is 1. The maximum absolute atomic E-state index is 12.0. The molecule has 5 nitrogen and oxygen atoms in total. The third kappa shape index (κ3) is 3.20. The summed E-state index contributed by atoms with van der Waals surface area (Å²) in [6, 6.07) is 12.5. The van der Waals surface area contributed by atoms with Crippen molar-refractivity contribution in [1.29, 1.82) is 0 Å². The van der Waals surface area contributed by atoms with E-state index >= 15 is 0 Å². The molecule has 6 heteroatoms. The topological polar surface area (TPSA) is 77.8 Å². The fourth-order valence-corrected chi connectivity index (χ4v) is 2.48. The monoisotopic (exact) mass is 315 g/mol. The van der Waals surface area contributed by atoms with Gasteiger partial charge in [-0.2, -0.15) is 0 Å². The first-order valence-electron chi connectivity index (χ1n) is 6.86. The largest absolute Gasteiger partial charge is 0.352 e. The lowest BCUT2D eigenvalue weighted by molar-refractivity contribution is 0.0954. The number of nitrogens with one attached hydrogen (secondary N) is 3. The fourth-order valence-electron chi connectivity index (χ4n) is 2.29. The summed E-state index contributed by atoms with van der Waals surface area (Å²) >= 11 is 5.86. The molecule has 1 heterocycles. The zero-order valence-corrected chi connectivity index (χ0v) is 12.4. The molecule has 3 rings (SSSR count). The van der Waals surface area contributed by atoms with Crippen LogP contribution >= 0.6 is 11.6 Å². The van der Waals surface area contributed by atoms with Gasteiger partial charge in [0.2, 0.25) is 0 Å². The van der Waals surface area contributed by atoms with E-state index in [0.717, 1.165) is 16.6 Å². The van der Waals surface area contributed by atoms with Crippen molar-refractivity contribution in [2.24, 2.45) is 0 Å². The van der Waals surface area contributed by atoms with Gasteiger partial charge in [-0.05, 0) is 42.3 Å². The second-order valence-electron chi connectivity index (χ2n) is 4.98. The Hall–Kier alpha value is -2.53. The number of imidazole rings is 1. The summed E-state index contributed by atoms with van der Waals surface area (Å²) in [6.07, 6.45) is 0.676. The summed E-state index contributed by atoms with van der Waals surface area (Å²) in [5.41, 5.74) is 2.90. The Kier molecular flexibility index (Phi) is 3.98. The summed E-state index contributed by atoms with van der Waals surface area (Å²) in [7, 11) is 0. The number of carbonyl (C=O) groups excluding carboxylic acids is 1. The van der Waals surface area contributed by atoms with Crippen molar-refractivity contribution < 1.29 is 4.79 Å². The van der Waals surface area contributed by atoms with Gasteiger partial charge >= 0.3 is 5.69 Å². The van der Waals surface area contributed by atoms with Crippen LogP contribution in [0.1, 0.15) is 15.9 Å². The molecule has 0 fully saturated rings. The standard InChI is InChI=1S/C16H14ClN3O2/c17-12-3-1-2-11(9-12)15(21)18-7-6-10-4-5-13-14(8-10)20-16(22)19-13/h1-5,8-9H,6-7H2,(H,18,21)(H2,19,20,22). The minimum absolute atomic E-state index is 0.154. The lowest BCUT2D eigenvalue weighted by Crippen LogP contribution is -2.25. The number of carbonyl (C=O) groups is 1. The second-order valence-corrected chi connectivity index (χ2v) is 5.41. The summed E-state index contributed by atoms with van der Waals surface area (Å²) in [6.45, 7) is 0.505. The van der Waals surface area contributed by atoms with E-state index < -0.39 is 0 Å². The lowest BCUT2D eigenvalue weighted by atomic mass is 10.1. The van der Waals surface area contributed by atoms with Gasteiger partial charge in [0.05, 0.1) is 11.0 Å². The van der Waals surface area contributed by atoms with Crippen molar-refractivity contribution >= 4 is 28.5 Å². The van der Waals surface area contributed by atoms with Crippen LogP contribution in [0, 0.1) is 0 Å². The van der Waals surface area contributed by atoms with Gasteiger partial charge in [0.1, 0.15) is 0 Å². The van der Waals surface area contributed by atoms with Gasteiger partial charge in [-0.3, -0.25) is 4.79 Å². The molecule has 22 heavy (non-hydrogen) atoms. The highest BCUT2D eigenvalue weighted by molar-refractivity contribution is 6.30. The van der Waals surface area contributed by atoms with Crippen LogP contribution in [0.15, 0.2) is 47.3 Å². The number of hydrogen-bond donors (Lipinski definition) is 3. The van der Waals surface area contributed by atoms with Gasteiger partial charge in [-0.1, -0.05) is 23.7 Å². The van der Waals surface area contributed by atoms with E-state index in [1.54, 1.807) is 24.3 Å². The van der Waals surface area contributed by atoms with Gasteiger partial charge in [-0.25, -0.2) is 4.79 Å². The molecule has 0 atom stereocenters. The number of aromatic nitrogens is 2. The minimum Gasteiger partial charge on any atom is -0.352 e. The fraction of sp³-hybridized carbons (Fsp3) is 0.125. The van der Waals surface area contributed by atoms with E-state index in [-0.39, 0.29) is 11.6 Å². The van der Waals surface area contributed by atoms with Crippen molar-refractivity contribution in [3.05, 3.63) is 69.1 Å². The van der Waals surface area contributed by atoms with Crippen LogP contribution in [0.2, 0.25) is 5.02 Å². The van der Waals surface area contributed by atoms with E-state index in [4.69, 9.17) is 11.6 Å². The Morgan fingerprint density at radius 2 is 1.91 bits per heavy atom. The van der Waals surface area contributed by atoms with Crippen LogP contribution in [-0.2, 0) is 6.42 Å². The Morgan fingerprint density at radius 1 is 1.09 bits per heavy atom. The van der Waals surface area contributed by atoms with Crippen LogP contribution in [0.25, 0.3) is 11.0 Å². The zero-order chi connectivity index (χ0) is 15.5. The normalized spacial score (nSPS) is 10.8. The van der Waals surface area contributed by atoms with Gasteiger partial charge in [0, 0.05) is 17.1 Å². The van der Waals surface area contributed by atoms with Gasteiger partial charge in [-0.15, -0.1) is 0 Å². The molecule has 2 aromatic carbocycles. The van der Waals surface area contributed by atoms with E-state index in [1.807, 2.05) is 18.2 Å². The van der Waals surface area contributed by atoms with Crippen LogP contribution in [0.5, 0.6) is 0 Å². The molecule has 1 aromatic heterocycles. The summed E-state index contributed by atoms with van der Waals surface area (Å²) in [5.74, 6) is -0.154. The number of benzene rings is 2. The van der Waals surface area contributed by atoms with Gasteiger partial charge in [0.25, 0.3) is 5.91 Å². The van der Waals surface area contributed by atoms with E-state index in [1.165, 1.54) is 0 Å². The van der Waals surface area contributed by atoms with Gasteiger partial charge in [0.15, 0.2) is 0 Å². The molecule has 0 bridgehead atoms. The van der Waals surface area contributed by atoms with E-state index in [2.05, 4.69) is 15.3 Å². The molecule has 0 radical (unpaired) electrons. The van der Waals surface area contributed by atoms with Crippen molar-refractivity contribution in [3.8, 4) is 0 Å². The van der Waals surface area contributed by atoms with Gasteiger partial charge < -0.3 is 15.3 Å². The first kappa shape index (κ1) is 14.4. The predicted octanol–water partition coefficient (Wildman–Crippen LogP) is 2.48. The highest BCUT2D eigenvalue weighted by Crippen LogP contribution is 2.12. The summed E-state index contributed by atoms with van der Waals surface area (Å²) < 4.78 is 0. The highest BCUT2D eigenvalue weighted by atomic mass is 35.5. The third-order valence-corrected chi connectivity index (χ3v) is 3.60. The summed E-state index contributed by atoms with van der Waals surface area (Å²) in [4.78, 5) is 28.6. The predicted molar refractivity (Wildman–Crippen MR) is 86.4 cm³/mol. The van der Waals surface area contributed by atoms with Crippen LogP contribution in [0.4, 0.5) is 0 Å². The average Bonchev–Trinajstić information content (AvgIpc) is 2.86. The number of aromatic amines is 2. The maximum atomic E-state index is 12.0. The molecule has 3 aromatic rings. The molecule has 0 aliphatic heterocycles. The number of H-pyrrole nitrogens is 2. The molecule has 0 saturated carbocycles. The lowest BCUT2D eigenvalue weighted by Gasteiger charge is -2.06. The first-order valence-corrected chi connectivity index (χ1v) is 7.24. The molecule has 0 saturated heterocycles. The Balaban J connectivity index is 1.62. The first-order chi connectivity index (χ1) is 10.6. The molecule has 112 valence electrons. The van der Waals surface area contributed by atoms with Crippen molar-refractivity contribution in [3.63, 3.8) is 0 Å². The molecule has 0 spiro atoms. The molecule has 0 aliphatic rings.